The molecule has 0 spiro atoms. The van der Waals surface area contributed by atoms with Crippen LogP contribution in [0.1, 0.15) is 129 Å². The number of hydrogen-bond donors (Lipinski definition) is 6. The number of carbonyl (C=O) groups excluding carboxylic acids is 8. The molecule has 2 aliphatic heterocycles. The van der Waals surface area contributed by atoms with Gasteiger partial charge in [-0.3, -0.25) is 33.6 Å². The first-order valence-corrected chi connectivity index (χ1v) is 33.6. The van der Waals surface area contributed by atoms with E-state index < -0.39 is 90.1 Å². The number of nitrogens with two attached hydrogens (primary N) is 1. The van der Waals surface area contributed by atoms with Gasteiger partial charge in [0, 0.05) is 74.0 Å². The number of esters is 1. The lowest BCUT2D eigenvalue weighted by Gasteiger charge is -2.26. The highest BCUT2D eigenvalue weighted by atomic mass is 32.1. The zero-order valence-electron chi connectivity index (χ0n) is 49.4. The van der Waals surface area contributed by atoms with E-state index in [0.29, 0.717) is 65.4 Å². The van der Waals surface area contributed by atoms with Crippen LogP contribution in [0.25, 0.3) is 43.4 Å². The predicted molar refractivity (Wildman–Crippen MR) is 348 cm³/mol. The molecule has 9 heterocycles. The first-order valence-electron chi connectivity index (χ1n) is 28.4. The zero-order valence-corrected chi connectivity index (χ0v) is 54.3. The smallest absolute Gasteiger partial charge is 0.333 e. The Balaban J connectivity index is 0.979. The van der Waals surface area contributed by atoms with Crippen molar-refractivity contribution < 1.29 is 52.9 Å². The lowest BCUT2D eigenvalue weighted by atomic mass is 9.90. The summed E-state index contributed by atoms with van der Waals surface area (Å²) >= 11 is 6.95. The molecule has 7 aromatic heterocycles. The number of thiazole rings is 6. The number of rotatable bonds is 15. The summed E-state index contributed by atoms with van der Waals surface area (Å²) in [7, 11) is 1.15. The quantitative estimate of drug-likeness (QED) is 0.0316. The fourth-order valence-electron chi connectivity index (χ4n) is 9.94. The number of allylic oxidation sites excluding steroid dienone is 1. The number of amides is 5. The molecular formula is C63H56N12O11S6. The number of aryl methyl sites for hydroxylation is 2. The number of aromatic nitrogens is 7. The molecule has 1 saturated heterocycles. The van der Waals surface area contributed by atoms with E-state index in [1.165, 1.54) is 38.8 Å². The molecule has 9 aromatic rings. The maximum atomic E-state index is 14.9. The second kappa shape index (κ2) is 27.8. The summed E-state index contributed by atoms with van der Waals surface area (Å²) in [5, 5.41) is 33.8. The number of aliphatic hydroxyl groups is 1. The van der Waals surface area contributed by atoms with Crippen LogP contribution in [0.2, 0.25) is 0 Å². The molecule has 0 unspecified atom stereocenters. The van der Waals surface area contributed by atoms with E-state index in [9.17, 15) is 43.5 Å². The third-order valence-electron chi connectivity index (χ3n) is 15.1. The molecule has 29 heteroatoms. The summed E-state index contributed by atoms with van der Waals surface area (Å²) in [5.41, 5.74) is 9.42. The fraction of sp³-hybridized carbons (Fsp3) is 0.254. The second-order valence-electron chi connectivity index (χ2n) is 21.7. The number of ketones is 2. The van der Waals surface area contributed by atoms with Gasteiger partial charge < -0.3 is 41.6 Å². The third-order valence-corrected chi connectivity index (χ3v) is 20.7. The van der Waals surface area contributed by atoms with Crippen molar-refractivity contribution in [3.05, 3.63) is 177 Å². The molecule has 0 radical (unpaired) electrons. The van der Waals surface area contributed by atoms with Crippen LogP contribution in [0.5, 0.6) is 0 Å². The van der Waals surface area contributed by atoms with Gasteiger partial charge in [0.25, 0.3) is 17.7 Å². The van der Waals surface area contributed by atoms with Gasteiger partial charge in [0.05, 0.1) is 60.8 Å². The Morgan fingerprint density at radius 1 is 0.717 bits per heavy atom. The van der Waals surface area contributed by atoms with Crippen LogP contribution in [-0.2, 0) is 35.1 Å². The van der Waals surface area contributed by atoms with Crippen LogP contribution in [0.3, 0.4) is 0 Å². The third kappa shape index (κ3) is 14.6. The van der Waals surface area contributed by atoms with Gasteiger partial charge in [-0.25, -0.2) is 39.7 Å². The number of epoxide rings is 1. The highest BCUT2D eigenvalue weighted by Gasteiger charge is 2.40. The molecule has 470 valence electrons. The summed E-state index contributed by atoms with van der Waals surface area (Å²) in [6, 6.07) is 16.8. The first kappa shape index (κ1) is 64.5. The number of nitrogens with one attached hydrogen (secondary N) is 4. The van der Waals surface area contributed by atoms with Crippen LogP contribution in [0, 0.1) is 19.8 Å². The van der Waals surface area contributed by atoms with Gasteiger partial charge >= 0.3 is 5.97 Å². The van der Waals surface area contributed by atoms with Crippen LogP contribution in [0.4, 0.5) is 0 Å². The van der Waals surface area contributed by atoms with Crippen LogP contribution < -0.4 is 27.0 Å². The number of nitrogens with zero attached hydrogens (tertiary/aromatic N) is 7. The predicted octanol–water partition coefficient (Wildman–Crippen LogP) is 9.02. The Labute approximate surface area is 549 Å². The van der Waals surface area contributed by atoms with Crippen molar-refractivity contribution in [1.82, 2.24) is 56.2 Å². The number of hydrogen-bond acceptors (Lipinski definition) is 24. The normalized spacial score (nSPS) is 18.3. The van der Waals surface area contributed by atoms with Gasteiger partial charge in [-0.2, -0.15) is 0 Å². The average molecular weight is 1350 g/mol. The monoisotopic (exact) mass is 1350 g/mol. The largest absolute Gasteiger partial charge is 0.466 e. The van der Waals surface area contributed by atoms with E-state index in [1.54, 1.807) is 54.8 Å². The SMILES string of the molecule is C=C(CC(=O)C(=C)NC(=O)c1csc(-c2ccc3c(n2)-c2csc(n2)-c2csc(n2)[C@H]([C@@H](C)[C@@H]2CO2)NC(=O)[C@H](Cc2ccc(C)cc2)NC(=O)c2csc(n2)[C@H]([C@H](O)c2ccccc2)CC(=O)c2nc(sc2C)[C@H](CC(N)=O)NC(=O)c2csc-3n2)n1)C(=O)OC. The number of primary amides is 1. The molecule has 1 fully saturated rings. The Bertz CT molecular complexity index is 4370. The number of aliphatic hydroxyl groups excluding tert-OH is 1. The molecule has 5 amide bonds. The van der Waals surface area contributed by atoms with Crippen molar-refractivity contribution in [2.75, 3.05) is 13.7 Å². The Kier molecular flexibility index (Phi) is 19.5. The zero-order chi connectivity index (χ0) is 65.1. The molecule has 2 aromatic carbocycles. The number of methoxy groups -OCH3 is 1. The number of fused-ring (bicyclic) bond motifs is 14. The molecule has 11 rings (SSSR count). The van der Waals surface area contributed by atoms with Crippen molar-refractivity contribution >= 4 is 115 Å². The summed E-state index contributed by atoms with van der Waals surface area (Å²) < 4.78 is 10.4. The summed E-state index contributed by atoms with van der Waals surface area (Å²) in [6.45, 7) is 13.3. The van der Waals surface area contributed by atoms with Gasteiger partial charge in [-0.15, -0.1) is 68.0 Å². The van der Waals surface area contributed by atoms with Crippen LogP contribution >= 0.6 is 68.0 Å². The van der Waals surface area contributed by atoms with E-state index >= 15 is 0 Å². The number of pyridine rings is 1. The molecule has 7 N–H and O–H groups in total. The van der Waals surface area contributed by atoms with E-state index in [-0.39, 0.29) is 68.9 Å². The molecular weight excluding hydrogens is 1290 g/mol. The van der Waals surface area contributed by atoms with Crippen molar-refractivity contribution in [2.45, 2.75) is 82.7 Å². The van der Waals surface area contributed by atoms with Gasteiger partial charge in [0.1, 0.15) is 70.9 Å². The topological polar surface area (TPSA) is 343 Å². The number of ether oxygens (including phenoxy) is 2. The van der Waals surface area contributed by atoms with Crippen LogP contribution in [0.15, 0.2) is 118 Å². The van der Waals surface area contributed by atoms with E-state index in [2.05, 4.69) is 44.1 Å². The maximum absolute atomic E-state index is 14.9. The first-order chi connectivity index (χ1) is 44.2. The van der Waals surface area contributed by atoms with Gasteiger partial charge in [-0.05, 0) is 37.1 Å². The minimum atomic E-state index is -1.29. The minimum absolute atomic E-state index is 0.0254. The second-order valence-corrected chi connectivity index (χ2v) is 27.2. The average Bonchev–Trinajstić information content (AvgIpc) is 1.62. The molecule has 0 saturated carbocycles. The number of Topliss-reactive ketones (excluding diaryl/α,β-unsaturated/α-hetero) is 2. The molecule has 7 atom stereocenters. The number of benzene rings is 2. The van der Waals surface area contributed by atoms with Crippen molar-refractivity contribution in [2.24, 2.45) is 11.7 Å². The molecule has 23 nitrogen and oxygen atoms in total. The molecule has 92 heavy (non-hydrogen) atoms. The van der Waals surface area contributed by atoms with Gasteiger partial charge in [0.15, 0.2) is 11.6 Å². The highest BCUT2D eigenvalue weighted by molar-refractivity contribution is 7.15. The lowest BCUT2D eigenvalue weighted by Crippen LogP contribution is -2.50. The van der Waals surface area contributed by atoms with Crippen LogP contribution in [-0.4, -0.2) is 113 Å². The Morgan fingerprint density at radius 3 is 2.09 bits per heavy atom. The van der Waals surface area contributed by atoms with Crippen molar-refractivity contribution in [3.8, 4) is 43.4 Å². The minimum Gasteiger partial charge on any atom is -0.466 e. The highest BCUT2D eigenvalue weighted by Crippen LogP contribution is 2.41. The molecule has 2 aliphatic rings. The fourth-order valence-corrected chi connectivity index (χ4v) is 15.3. The number of carbonyl (C=O) groups is 8. The van der Waals surface area contributed by atoms with Gasteiger partial charge in [-0.1, -0.05) is 80.2 Å². The van der Waals surface area contributed by atoms with E-state index in [0.717, 1.165) is 63.6 Å². The van der Waals surface area contributed by atoms with E-state index in [4.69, 9.17) is 40.4 Å². The van der Waals surface area contributed by atoms with Gasteiger partial charge in [0.2, 0.25) is 11.8 Å². The van der Waals surface area contributed by atoms with Crippen molar-refractivity contribution in [1.29, 1.82) is 0 Å². The molecule has 0 aliphatic carbocycles. The summed E-state index contributed by atoms with van der Waals surface area (Å²) in [4.78, 5) is 144. The standard InChI is InChI=1S/C63H56N12O11S6/c1-28-12-14-33(15-13-28)19-38-53(80)74-49(30(3)47-22-86-47)62-73-44(27-91-62)60-69-40(23-89-60)51-35(16-17-37(66-51)59-72-41(26-90-59)54(81)65-31(4)45(76)18-29(2)63(84)85-6)57-70-43(24-87-57)56(83)68-39(21-48(64)78)61-75-50(32(5)92-61)46(77)20-36(52(79)34-10-8-7-9-11-34)58-71-42(25-88-58)55(82)67-38/h7-17,23-27,30,36,38-39,47,49,52,79H,2,4,18-22H2,1,3,5-6H3,(H2,64,78)(H,65,81)(H,67,82)(H,68,83)(H,74,80)/t30-,36-,38-,39-,47-,49-,52+/m0/s1. The van der Waals surface area contributed by atoms with E-state index in [1.807, 2.05) is 43.5 Å². The Morgan fingerprint density at radius 2 is 1.36 bits per heavy atom. The summed E-state index contributed by atoms with van der Waals surface area (Å²) in [6.07, 6.45) is -2.55. The lowest BCUT2D eigenvalue weighted by molar-refractivity contribution is -0.137. The Hall–Kier alpha value is -9.07. The molecule has 10 bridgehead atoms. The summed E-state index contributed by atoms with van der Waals surface area (Å²) in [5.74, 6) is -6.61. The van der Waals surface area contributed by atoms with Crippen molar-refractivity contribution in [3.63, 3.8) is 0 Å². The maximum Gasteiger partial charge on any atom is 0.333 e.